The lowest BCUT2D eigenvalue weighted by atomic mass is 10.0. The van der Waals surface area contributed by atoms with Gasteiger partial charge >= 0.3 is 0 Å². The van der Waals surface area contributed by atoms with Crippen molar-refractivity contribution in [3.05, 3.63) is 34.3 Å². The molecule has 0 aromatic heterocycles. The third-order valence-corrected chi connectivity index (χ3v) is 4.35. The molecule has 0 aliphatic carbocycles. The molecule has 0 aliphatic heterocycles. The Kier molecular flexibility index (Phi) is 7.24. The molecule has 1 rings (SSSR count). The molecule has 0 heterocycles. The number of thioether (sulfide) groups is 1. The second kappa shape index (κ2) is 8.17. The van der Waals surface area contributed by atoms with Gasteiger partial charge in [-0.3, -0.25) is 0 Å². The summed E-state index contributed by atoms with van der Waals surface area (Å²) in [5.74, 6) is 2.38. The Morgan fingerprint density at radius 3 is 2.71 bits per heavy atom. The van der Waals surface area contributed by atoms with Gasteiger partial charge in [-0.05, 0) is 36.8 Å². The number of nitrogens with one attached hydrogen (secondary N) is 1. The maximum atomic E-state index is 3.70. The van der Waals surface area contributed by atoms with E-state index in [1.807, 2.05) is 11.8 Å². The van der Waals surface area contributed by atoms with Gasteiger partial charge in [-0.25, -0.2) is 0 Å². The number of rotatable bonds is 7. The summed E-state index contributed by atoms with van der Waals surface area (Å²) in [5.41, 5.74) is 1.37. The van der Waals surface area contributed by atoms with Gasteiger partial charge in [-0.15, -0.1) is 0 Å². The zero-order chi connectivity index (χ0) is 12.7. The van der Waals surface area contributed by atoms with Crippen LogP contribution in [0.4, 0.5) is 0 Å². The Hall–Kier alpha value is 0.01000. The number of benzene rings is 1. The van der Waals surface area contributed by atoms with Gasteiger partial charge in [-0.2, -0.15) is 11.8 Å². The molecule has 1 N–H and O–H groups in total. The molecular formula is C14H22BrNS. The average molecular weight is 316 g/mol. The molecule has 2 unspecified atom stereocenters. The first-order valence-corrected chi connectivity index (χ1v) is 8.21. The molecular weight excluding hydrogens is 294 g/mol. The van der Waals surface area contributed by atoms with Crippen LogP contribution in [0, 0.1) is 0 Å². The maximum absolute atomic E-state index is 3.70. The van der Waals surface area contributed by atoms with Crippen LogP contribution in [0.1, 0.15) is 38.8 Å². The van der Waals surface area contributed by atoms with E-state index in [1.54, 1.807) is 0 Å². The van der Waals surface area contributed by atoms with Gasteiger partial charge in [0.2, 0.25) is 0 Å². The normalized spacial score (nSPS) is 14.6. The van der Waals surface area contributed by atoms with Crippen molar-refractivity contribution >= 4 is 27.7 Å². The zero-order valence-electron chi connectivity index (χ0n) is 10.9. The maximum Gasteiger partial charge on any atom is 0.0320 e. The van der Waals surface area contributed by atoms with Crippen molar-refractivity contribution in [3.63, 3.8) is 0 Å². The van der Waals surface area contributed by atoms with E-state index in [0.29, 0.717) is 12.1 Å². The highest BCUT2D eigenvalue weighted by Gasteiger charge is 2.12. The summed E-state index contributed by atoms with van der Waals surface area (Å²) in [6, 6.07) is 9.61. The van der Waals surface area contributed by atoms with Crippen molar-refractivity contribution in [2.45, 2.75) is 39.3 Å². The Bertz CT molecular complexity index is 330. The van der Waals surface area contributed by atoms with Gasteiger partial charge in [0.25, 0.3) is 0 Å². The van der Waals surface area contributed by atoms with Crippen molar-refractivity contribution in [2.24, 2.45) is 0 Å². The topological polar surface area (TPSA) is 12.0 Å². The third kappa shape index (κ3) is 5.45. The van der Waals surface area contributed by atoms with Crippen LogP contribution in [0.25, 0.3) is 0 Å². The summed E-state index contributed by atoms with van der Waals surface area (Å²) >= 11 is 5.53. The van der Waals surface area contributed by atoms with Crippen LogP contribution in [-0.2, 0) is 0 Å². The Balaban J connectivity index is 2.59. The molecule has 1 nitrogen and oxygen atoms in total. The quantitative estimate of drug-likeness (QED) is 0.787. The van der Waals surface area contributed by atoms with Gasteiger partial charge in [0, 0.05) is 22.3 Å². The summed E-state index contributed by atoms with van der Waals surface area (Å²) in [4.78, 5) is 0. The van der Waals surface area contributed by atoms with E-state index in [1.165, 1.54) is 17.1 Å². The van der Waals surface area contributed by atoms with Gasteiger partial charge in [0.05, 0.1) is 0 Å². The number of halogens is 1. The molecule has 1 aromatic carbocycles. The van der Waals surface area contributed by atoms with Crippen LogP contribution in [-0.4, -0.2) is 17.5 Å². The molecule has 0 saturated heterocycles. The fraction of sp³-hybridized carbons (Fsp3) is 0.571. The fourth-order valence-electron chi connectivity index (χ4n) is 1.86. The highest BCUT2D eigenvalue weighted by molar-refractivity contribution is 9.10. The van der Waals surface area contributed by atoms with E-state index < -0.39 is 0 Å². The minimum Gasteiger partial charge on any atom is -0.307 e. The van der Waals surface area contributed by atoms with Crippen LogP contribution in [0.15, 0.2) is 28.7 Å². The molecule has 0 saturated carbocycles. The number of hydrogen-bond acceptors (Lipinski definition) is 2. The zero-order valence-corrected chi connectivity index (χ0v) is 13.3. The predicted molar refractivity (Wildman–Crippen MR) is 82.8 cm³/mol. The summed E-state index contributed by atoms with van der Waals surface area (Å²) in [7, 11) is 0. The summed E-state index contributed by atoms with van der Waals surface area (Å²) in [6.07, 6.45) is 1.12. The van der Waals surface area contributed by atoms with Crippen molar-refractivity contribution in [3.8, 4) is 0 Å². The van der Waals surface area contributed by atoms with Gasteiger partial charge in [0.1, 0.15) is 0 Å². The van der Waals surface area contributed by atoms with E-state index in [0.717, 1.165) is 10.9 Å². The van der Waals surface area contributed by atoms with E-state index in [4.69, 9.17) is 0 Å². The second-order valence-corrected chi connectivity index (χ2v) is 6.48. The lowest BCUT2D eigenvalue weighted by Gasteiger charge is -2.22. The van der Waals surface area contributed by atoms with Gasteiger partial charge < -0.3 is 5.32 Å². The molecule has 0 bridgehead atoms. The van der Waals surface area contributed by atoms with Crippen LogP contribution < -0.4 is 5.32 Å². The Morgan fingerprint density at radius 2 is 2.12 bits per heavy atom. The average Bonchev–Trinajstić information content (AvgIpc) is 2.33. The molecule has 0 fully saturated rings. The van der Waals surface area contributed by atoms with Crippen LogP contribution >= 0.6 is 27.7 Å². The SMILES string of the molecule is CCSCC(C)NC(CC)c1cccc(Br)c1. The highest BCUT2D eigenvalue weighted by Crippen LogP contribution is 2.21. The van der Waals surface area contributed by atoms with Crippen LogP contribution in [0.3, 0.4) is 0 Å². The molecule has 0 aliphatic rings. The van der Waals surface area contributed by atoms with E-state index in [2.05, 4.69) is 66.3 Å². The van der Waals surface area contributed by atoms with Crippen LogP contribution in [0.2, 0.25) is 0 Å². The van der Waals surface area contributed by atoms with E-state index >= 15 is 0 Å². The minimum absolute atomic E-state index is 0.458. The molecule has 0 radical (unpaired) electrons. The summed E-state index contributed by atoms with van der Waals surface area (Å²) in [6.45, 7) is 6.71. The van der Waals surface area contributed by atoms with Gasteiger partial charge in [-0.1, -0.05) is 41.9 Å². The Morgan fingerprint density at radius 1 is 1.35 bits per heavy atom. The second-order valence-electron chi connectivity index (χ2n) is 4.24. The third-order valence-electron chi connectivity index (χ3n) is 2.72. The van der Waals surface area contributed by atoms with Crippen molar-refractivity contribution in [1.29, 1.82) is 0 Å². The minimum atomic E-state index is 0.458. The first-order valence-electron chi connectivity index (χ1n) is 6.26. The lowest BCUT2D eigenvalue weighted by Crippen LogP contribution is -2.32. The molecule has 17 heavy (non-hydrogen) atoms. The molecule has 1 aromatic rings. The summed E-state index contributed by atoms with van der Waals surface area (Å²) in [5, 5.41) is 3.70. The molecule has 3 heteroatoms. The Labute approximate surface area is 118 Å². The summed E-state index contributed by atoms with van der Waals surface area (Å²) < 4.78 is 1.16. The fourth-order valence-corrected chi connectivity index (χ4v) is 2.96. The van der Waals surface area contributed by atoms with Crippen molar-refractivity contribution in [1.82, 2.24) is 5.32 Å². The first-order chi connectivity index (χ1) is 8.17. The standard InChI is InChI=1S/C14H22BrNS/c1-4-14(16-11(3)10-17-5-2)12-7-6-8-13(15)9-12/h6-9,11,14,16H,4-5,10H2,1-3H3. The van der Waals surface area contributed by atoms with Crippen LogP contribution in [0.5, 0.6) is 0 Å². The smallest absolute Gasteiger partial charge is 0.0320 e. The van der Waals surface area contributed by atoms with Crippen molar-refractivity contribution in [2.75, 3.05) is 11.5 Å². The molecule has 2 atom stereocenters. The molecule has 0 amide bonds. The van der Waals surface area contributed by atoms with E-state index in [9.17, 15) is 0 Å². The van der Waals surface area contributed by atoms with E-state index in [-0.39, 0.29) is 0 Å². The number of hydrogen-bond donors (Lipinski definition) is 1. The largest absolute Gasteiger partial charge is 0.307 e. The molecule has 0 spiro atoms. The van der Waals surface area contributed by atoms with Crippen molar-refractivity contribution < 1.29 is 0 Å². The molecule has 96 valence electrons. The highest BCUT2D eigenvalue weighted by atomic mass is 79.9. The predicted octanol–water partition coefficient (Wildman–Crippen LogP) is 4.63. The first kappa shape index (κ1) is 15.1. The lowest BCUT2D eigenvalue weighted by molar-refractivity contribution is 0.470. The monoisotopic (exact) mass is 315 g/mol. The van der Waals surface area contributed by atoms with Gasteiger partial charge in [0.15, 0.2) is 0 Å².